The van der Waals surface area contributed by atoms with Crippen molar-refractivity contribution in [3.63, 3.8) is 0 Å². The largest absolute Gasteiger partial charge is 0.507 e. The van der Waals surface area contributed by atoms with Crippen molar-refractivity contribution < 1.29 is 28.9 Å². The summed E-state index contributed by atoms with van der Waals surface area (Å²) in [5.41, 5.74) is 0.832. The number of benzene rings is 2. The molecule has 1 amide bonds. The van der Waals surface area contributed by atoms with E-state index >= 15 is 0 Å². The molecule has 0 spiro atoms. The van der Waals surface area contributed by atoms with Crippen LogP contribution in [-0.2, 0) is 14.3 Å². The molecular weight excluding hydrogens is 445 g/mol. The zero-order valence-corrected chi connectivity index (χ0v) is 18.1. The highest BCUT2D eigenvalue weighted by atomic mass is 35.5. The first-order valence-corrected chi connectivity index (χ1v) is 10.3. The van der Waals surface area contributed by atoms with Gasteiger partial charge in [0.15, 0.2) is 11.5 Å². The van der Waals surface area contributed by atoms with Crippen LogP contribution in [-0.4, -0.2) is 55.2 Å². The predicted octanol–water partition coefficient (Wildman–Crippen LogP) is 3.83. The number of amides is 1. The predicted molar refractivity (Wildman–Crippen MR) is 115 cm³/mol. The van der Waals surface area contributed by atoms with Crippen LogP contribution >= 0.6 is 23.2 Å². The van der Waals surface area contributed by atoms with Crippen LogP contribution in [0.1, 0.15) is 17.2 Å². The summed E-state index contributed by atoms with van der Waals surface area (Å²) in [5.74, 6) is -0.836. The van der Waals surface area contributed by atoms with Crippen molar-refractivity contribution in [3.05, 3.63) is 63.1 Å². The topological polar surface area (TPSA) is 85.3 Å². The molecule has 1 atom stereocenters. The summed E-state index contributed by atoms with van der Waals surface area (Å²) in [6.45, 7) is 1.18. The summed E-state index contributed by atoms with van der Waals surface area (Å²) < 4.78 is 16.2. The van der Waals surface area contributed by atoms with Gasteiger partial charge in [-0.25, -0.2) is 0 Å². The van der Waals surface area contributed by atoms with Gasteiger partial charge in [0.05, 0.1) is 28.3 Å². The van der Waals surface area contributed by atoms with Crippen LogP contribution in [0.3, 0.4) is 0 Å². The fraction of sp³-hybridized carbons (Fsp3) is 0.273. The molecule has 0 radical (unpaired) electrons. The Bertz CT molecular complexity index is 1080. The summed E-state index contributed by atoms with van der Waals surface area (Å²) in [6.07, 6.45) is 0. The maximum atomic E-state index is 13.0. The number of ketones is 1. The molecule has 0 aromatic heterocycles. The van der Waals surface area contributed by atoms with Gasteiger partial charge >= 0.3 is 0 Å². The number of hydrogen-bond acceptors (Lipinski definition) is 6. The average molecular weight is 464 g/mol. The maximum Gasteiger partial charge on any atom is 0.295 e. The first kappa shape index (κ1) is 21.5. The zero-order valence-electron chi connectivity index (χ0n) is 16.6. The number of aliphatic hydroxyl groups is 1. The Labute approximate surface area is 188 Å². The Morgan fingerprint density at radius 2 is 1.84 bits per heavy atom. The van der Waals surface area contributed by atoms with Gasteiger partial charge < -0.3 is 24.2 Å². The maximum absolute atomic E-state index is 13.0. The van der Waals surface area contributed by atoms with Crippen LogP contribution in [0.5, 0.6) is 11.5 Å². The molecule has 1 saturated heterocycles. The first-order chi connectivity index (χ1) is 14.9. The molecule has 2 aromatic rings. The standard InChI is InChI=1S/C22H19Cl2NO6/c1-29-7-6-25-19(12-2-4-14(23)15(24)10-12)18(21(27)22(25)28)20(26)13-3-5-16-17(11-13)31-9-8-30-16/h2-5,10-11,19,26H,6-9H2,1H3/b20-18-. The second-order valence-corrected chi connectivity index (χ2v) is 7.83. The number of fused-ring (bicyclic) bond motifs is 1. The molecule has 9 heteroatoms. The molecule has 2 heterocycles. The quantitative estimate of drug-likeness (QED) is 0.411. The number of nitrogens with zero attached hydrogens (tertiary/aromatic N) is 1. The van der Waals surface area contributed by atoms with Gasteiger partial charge in [-0.15, -0.1) is 0 Å². The second kappa shape index (κ2) is 8.78. The fourth-order valence-electron chi connectivity index (χ4n) is 3.68. The van der Waals surface area contributed by atoms with Crippen LogP contribution in [0.4, 0.5) is 0 Å². The van der Waals surface area contributed by atoms with E-state index in [1.807, 2.05) is 0 Å². The normalized spacial score (nSPS) is 19.7. The van der Waals surface area contributed by atoms with Gasteiger partial charge in [0.1, 0.15) is 19.0 Å². The summed E-state index contributed by atoms with van der Waals surface area (Å²) in [7, 11) is 1.50. The number of Topliss-reactive ketones (excluding diaryl/α,β-unsaturated/α-hetero) is 1. The van der Waals surface area contributed by atoms with E-state index in [4.69, 9.17) is 37.4 Å². The van der Waals surface area contributed by atoms with Crippen LogP contribution in [0, 0.1) is 0 Å². The number of likely N-dealkylation sites (tertiary alicyclic amines) is 1. The van der Waals surface area contributed by atoms with Crippen molar-refractivity contribution in [1.82, 2.24) is 4.90 Å². The Morgan fingerprint density at radius 1 is 1.10 bits per heavy atom. The van der Waals surface area contributed by atoms with E-state index in [-0.39, 0.29) is 29.5 Å². The number of methoxy groups -OCH3 is 1. The third-order valence-corrected chi connectivity index (χ3v) is 5.89. The highest BCUT2D eigenvalue weighted by Crippen LogP contribution is 2.42. The van der Waals surface area contributed by atoms with Gasteiger partial charge in [0.25, 0.3) is 11.7 Å². The van der Waals surface area contributed by atoms with Crippen LogP contribution in [0.2, 0.25) is 10.0 Å². The van der Waals surface area contributed by atoms with Gasteiger partial charge in [-0.2, -0.15) is 0 Å². The Morgan fingerprint density at radius 3 is 2.55 bits per heavy atom. The van der Waals surface area contributed by atoms with E-state index in [0.29, 0.717) is 40.9 Å². The SMILES string of the molecule is COCCN1C(=O)C(=O)/C(=C(\O)c2ccc3c(c2)OCCO3)C1c1ccc(Cl)c(Cl)c1. The number of aliphatic hydroxyl groups excluding tert-OH is 1. The van der Waals surface area contributed by atoms with Gasteiger partial charge in [0.2, 0.25) is 0 Å². The number of hydrogen-bond donors (Lipinski definition) is 1. The fourth-order valence-corrected chi connectivity index (χ4v) is 3.98. The van der Waals surface area contributed by atoms with Crippen LogP contribution in [0.15, 0.2) is 42.0 Å². The van der Waals surface area contributed by atoms with E-state index in [0.717, 1.165) is 0 Å². The zero-order chi connectivity index (χ0) is 22.1. The molecule has 1 fully saturated rings. The molecule has 0 saturated carbocycles. The van der Waals surface area contributed by atoms with E-state index in [1.165, 1.54) is 12.0 Å². The number of rotatable bonds is 5. The molecule has 4 rings (SSSR count). The van der Waals surface area contributed by atoms with E-state index in [9.17, 15) is 14.7 Å². The van der Waals surface area contributed by atoms with Crippen LogP contribution < -0.4 is 9.47 Å². The lowest BCUT2D eigenvalue weighted by Gasteiger charge is -2.25. The molecule has 1 N–H and O–H groups in total. The van der Waals surface area contributed by atoms with Crippen molar-refractivity contribution in [2.24, 2.45) is 0 Å². The molecule has 0 bridgehead atoms. The molecule has 162 valence electrons. The highest BCUT2D eigenvalue weighted by molar-refractivity contribution is 6.46. The number of ether oxygens (including phenoxy) is 3. The van der Waals surface area contributed by atoms with Crippen molar-refractivity contribution in [3.8, 4) is 11.5 Å². The lowest BCUT2D eigenvalue weighted by molar-refractivity contribution is -0.140. The minimum atomic E-state index is -0.849. The van der Waals surface area contributed by atoms with Gasteiger partial charge in [-0.05, 0) is 35.9 Å². The van der Waals surface area contributed by atoms with Gasteiger partial charge in [0, 0.05) is 19.2 Å². The smallest absolute Gasteiger partial charge is 0.295 e. The molecule has 31 heavy (non-hydrogen) atoms. The van der Waals surface area contributed by atoms with E-state index < -0.39 is 17.7 Å². The second-order valence-electron chi connectivity index (χ2n) is 7.02. The third kappa shape index (κ3) is 3.96. The minimum Gasteiger partial charge on any atom is -0.507 e. The van der Waals surface area contributed by atoms with Crippen LogP contribution in [0.25, 0.3) is 5.76 Å². The molecule has 2 aromatic carbocycles. The lowest BCUT2D eigenvalue weighted by Crippen LogP contribution is -2.32. The highest BCUT2D eigenvalue weighted by Gasteiger charge is 2.46. The monoisotopic (exact) mass is 463 g/mol. The number of carbonyl (C=O) groups excluding carboxylic acids is 2. The Balaban J connectivity index is 1.85. The van der Waals surface area contributed by atoms with Crippen molar-refractivity contribution >= 4 is 40.7 Å². The Kier molecular flexibility index (Phi) is 6.09. The van der Waals surface area contributed by atoms with Gasteiger partial charge in [-0.1, -0.05) is 29.3 Å². The van der Waals surface area contributed by atoms with Crippen molar-refractivity contribution in [2.45, 2.75) is 6.04 Å². The summed E-state index contributed by atoms with van der Waals surface area (Å²) in [5, 5.41) is 11.7. The minimum absolute atomic E-state index is 0.0452. The lowest BCUT2D eigenvalue weighted by atomic mass is 9.95. The van der Waals surface area contributed by atoms with E-state index in [2.05, 4.69) is 0 Å². The molecule has 2 aliphatic heterocycles. The van der Waals surface area contributed by atoms with Crippen molar-refractivity contribution in [1.29, 1.82) is 0 Å². The first-order valence-electron chi connectivity index (χ1n) is 9.54. The van der Waals surface area contributed by atoms with E-state index in [1.54, 1.807) is 36.4 Å². The molecular formula is C22H19Cl2NO6. The summed E-state index contributed by atoms with van der Waals surface area (Å²) in [6, 6.07) is 8.82. The number of carbonyl (C=O) groups is 2. The molecule has 7 nitrogen and oxygen atoms in total. The summed E-state index contributed by atoms with van der Waals surface area (Å²) in [4.78, 5) is 27.1. The van der Waals surface area contributed by atoms with Crippen molar-refractivity contribution in [2.75, 3.05) is 33.5 Å². The summed E-state index contributed by atoms with van der Waals surface area (Å²) >= 11 is 12.2. The number of halogens is 2. The van der Waals surface area contributed by atoms with Gasteiger partial charge in [-0.3, -0.25) is 9.59 Å². The molecule has 1 unspecified atom stereocenters. The molecule has 2 aliphatic rings. The third-order valence-electron chi connectivity index (χ3n) is 5.15. The average Bonchev–Trinajstić information content (AvgIpc) is 3.03. The molecule has 0 aliphatic carbocycles. The Hall–Kier alpha value is -2.74.